The Labute approximate surface area is 198 Å². The largest absolute Gasteiger partial charge is 0.497 e. The average molecular weight is 467 g/mol. The summed E-state index contributed by atoms with van der Waals surface area (Å²) >= 11 is 0. The maximum Gasteiger partial charge on any atom is 0.278 e. The number of oxazole rings is 1. The van der Waals surface area contributed by atoms with Crippen LogP contribution < -0.4 is 10.1 Å². The average Bonchev–Trinajstić information content (AvgIpc) is 3.58. The second-order valence-corrected chi connectivity index (χ2v) is 7.27. The van der Waals surface area contributed by atoms with Crippen LogP contribution in [0.1, 0.15) is 22.1 Å². The summed E-state index contributed by atoms with van der Waals surface area (Å²) in [4.78, 5) is 36.8. The Morgan fingerprint density at radius 3 is 2.60 bits per heavy atom. The number of fused-ring (bicyclic) bond motifs is 1. The van der Waals surface area contributed by atoms with Crippen LogP contribution in [0.3, 0.4) is 0 Å². The molecule has 0 bridgehead atoms. The van der Waals surface area contributed by atoms with Crippen LogP contribution in [0.25, 0.3) is 34.5 Å². The molecule has 0 saturated carbocycles. The zero-order valence-electron chi connectivity index (χ0n) is 18.3. The highest BCUT2D eigenvalue weighted by Gasteiger charge is 2.16. The number of aromatic nitrogens is 3. The number of methoxy groups -OCH3 is 1. The highest BCUT2D eigenvalue weighted by Crippen LogP contribution is 2.24. The minimum atomic E-state index is -0.486. The van der Waals surface area contributed by atoms with Gasteiger partial charge in [-0.3, -0.25) is 4.79 Å². The van der Waals surface area contributed by atoms with E-state index in [9.17, 15) is 9.70 Å². The van der Waals surface area contributed by atoms with Crippen molar-refractivity contribution in [2.24, 2.45) is 5.18 Å². The summed E-state index contributed by atoms with van der Waals surface area (Å²) in [6.07, 6.45) is 4.49. The molecule has 2 aromatic carbocycles. The maximum absolute atomic E-state index is 12.9. The summed E-state index contributed by atoms with van der Waals surface area (Å²) < 4.78 is 15.9. The second kappa shape index (κ2) is 9.40. The zero-order valence-corrected chi connectivity index (χ0v) is 18.3. The Hall–Kier alpha value is -5.12. The van der Waals surface area contributed by atoms with Crippen LogP contribution in [0.2, 0.25) is 0 Å². The minimum absolute atomic E-state index is 0.0290. The van der Waals surface area contributed by atoms with Gasteiger partial charge in [0.1, 0.15) is 23.6 Å². The molecule has 1 amide bonds. The van der Waals surface area contributed by atoms with Crippen LogP contribution >= 0.6 is 0 Å². The monoisotopic (exact) mass is 467 g/mol. The van der Waals surface area contributed by atoms with Crippen molar-refractivity contribution in [3.8, 4) is 17.2 Å². The highest BCUT2D eigenvalue weighted by atomic mass is 16.5. The Kier molecular flexibility index (Phi) is 5.83. The molecule has 0 fully saturated rings. The molecule has 0 aliphatic heterocycles. The summed E-state index contributed by atoms with van der Waals surface area (Å²) in [5.74, 6) is 1.54. The number of carbonyl (C=O) groups excluding carboxylic acids is 1. The molecule has 0 unspecified atom stereocenters. The van der Waals surface area contributed by atoms with Crippen molar-refractivity contribution in [1.29, 1.82) is 0 Å². The predicted molar refractivity (Wildman–Crippen MR) is 129 cm³/mol. The predicted octanol–water partition coefficient (Wildman–Crippen LogP) is 5.71. The number of amides is 1. The molecular weight excluding hydrogens is 450 g/mol. The van der Waals surface area contributed by atoms with Gasteiger partial charge in [-0.15, -0.1) is 4.91 Å². The zero-order chi connectivity index (χ0) is 24.2. The van der Waals surface area contributed by atoms with E-state index in [1.165, 1.54) is 12.3 Å². The lowest BCUT2D eigenvalue weighted by Crippen LogP contribution is -2.14. The molecule has 0 saturated heterocycles. The molecule has 10 nitrogen and oxygen atoms in total. The fourth-order valence-electron chi connectivity index (χ4n) is 3.32. The summed E-state index contributed by atoms with van der Waals surface area (Å²) in [7, 11) is 1.58. The van der Waals surface area contributed by atoms with E-state index in [1.54, 1.807) is 55.7 Å². The lowest BCUT2D eigenvalue weighted by atomic mass is 10.2. The topological polar surface area (TPSA) is 133 Å². The summed E-state index contributed by atoms with van der Waals surface area (Å²) in [6.45, 7) is 0. The molecule has 3 aromatic heterocycles. The van der Waals surface area contributed by atoms with E-state index in [0.29, 0.717) is 45.5 Å². The molecule has 3 heterocycles. The molecule has 0 aliphatic carbocycles. The van der Waals surface area contributed by atoms with Crippen LogP contribution in [-0.2, 0) is 0 Å². The van der Waals surface area contributed by atoms with E-state index in [2.05, 4.69) is 25.4 Å². The normalized spacial score (nSPS) is 11.1. The smallest absolute Gasteiger partial charge is 0.278 e. The van der Waals surface area contributed by atoms with Gasteiger partial charge >= 0.3 is 0 Å². The molecule has 0 radical (unpaired) electrons. The van der Waals surface area contributed by atoms with Gasteiger partial charge in [0.15, 0.2) is 11.5 Å². The standard InChI is InChI=1S/C25H17N5O5/c1-33-16-8-6-15(7-9-16)25-27-20(14-34-25)24(31)29-23-18-4-2-3-5-19(18)26-21(28-23)12-10-17-11-13-22(30-32)35-17/h2-14H,1H3,(H,26,28,29,31)/b12-10+. The molecule has 0 atom stereocenters. The summed E-state index contributed by atoms with van der Waals surface area (Å²) in [5, 5.41) is 6.19. The number of anilines is 1. The fraction of sp³-hybridized carbons (Fsp3) is 0.0400. The van der Waals surface area contributed by atoms with E-state index in [-0.39, 0.29) is 11.6 Å². The number of para-hydroxylation sites is 1. The van der Waals surface area contributed by atoms with Gasteiger partial charge in [-0.1, -0.05) is 12.1 Å². The quantitative estimate of drug-likeness (QED) is 0.301. The number of nitrogens with zero attached hydrogens (tertiary/aromatic N) is 4. The number of ether oxygens (including phenoxy) is 1. The van der Waals surface area contributed by atoms with Gasteiger partial charge in [0.05, 0.1) is 12.6 Å². The first kappa shape index (κ1) is 21.7. The molecular formula is C25H17N5O5. The molecule has 35 heavy (non-hydrogen) atoms. The molecule has 5 aromatic rings. The van der Waals surface area contributed by atoms with Gasteiger partial charge in [-0.25, -0.2) is 15.0 Å². The third-order valence-electron chi connectivity index (χ3n) is 5.03. The highest BCUT2D eigenvalue weighted by molar-refractivity contribution is 6.06. The Morgan fingerprint density at radius 2 is 1.83 bits per heavy atom. The molecule has 10 heteroatoms. The summed E-state index contributed by atoms with van der Waals surface area (Å²) in [6, 6.07) is 17.5. The van der Waals surface area contributed by atoms with Gasteiger partial charge < -0.3 is 18.9 Å². The van der Waals surface area contributed by atoms with E-state index >= 15 is 0 Å². The van der Waals surface area contributed by atoms with E-state index in [1.807, 2.05) is 18.2 Å². The number of nitrogens with one attached hydrogen (secondary N) is 1. The van der Waals surface area contributed by atoms with Crippen molar-refractivity contribution < 1.29 is 18.4 Å². The summed E-state index contributed by atoms with van der Waals surface area (Å²) in [5.41, 5.74) is 1.43. The number of hydrogen-bond acceptors (Lipinski definition) is 9. The maximum atomic E-state index is 12.9. The van der Waals surface area contributed by atoms with Crippen LogP contribution in [-0.4, -0.2) is 28.0 Å². The number of carbonyl (C=O) groups is 1. The van der Waals surface area contributed by atoms with Crippen molar-refractivity contribution in [3.63, 3.8) is 0 Å². The van der Waals surface area contributed by atoms with Crippen LogP contribution in [0.4, 0.5) is 11.7 Å². The first-order chi connectivity index (χ1) is 17.1. The molecule has 0 aliphatic rings. The van der Waals surface area contributed by atoms with Crippen molar-refractivity contribution in [2.45, 2.75) is 0 Å². The number of benzene rings is 2. The molecule has 5 rings (SSSR count). The molecule has 1 N–H and O–H groups in total. The third-order valence-corrected chi connectivity index (χ3v) is 5.03. The van der Waals surface area contributed by atoms with Gasteiger partial charge in [-0.05, 0) is 54.6 Å². The number of furan rings is 1. The van der Waals surface area contributed by atoms with Crippen LogP contribution in [0.5, 0.6) is 5.75 Å². The lowest BCUT2D eigenvalue weighted by molar-refractivity contribution is 0.102. The number of hydrogen-bond donors (Lipinski definition) is 1. The fourth-order valence-corrected chi connectivity index (χ4v) is 3.32. The van der Waals surface area contributed by atoms with Crippen molar-refractivity contribution in [1.82, 2.24) is 15.0 Å². The van der Waals surface area contributed by atoms with Gasteiger partial charge in [0, 0.05) is 22.2 Å². The van der Waals surface area contributed by atoms with Gasteiger partial charge in [-0.2, -0.15) is 0 Å². The first-order valence-electron chi connectivity index (χ1n) is 10.4. The molecule has 172 valence electrons. The Balaban J connectivity index is 1.41. The van der Waals surface area contributed by atoms with Gasteiger partial charge in [0.25, 0.3) is 11.8 Å². The minimum Gasteiger partial charge on any atom is -0.497 e. The lowest BCUT2D eigenvalue weighted by Gasteiger charge is -2.07. The van der Waals surface area contributed by atoms with Crippen LogP contribution in [0, 0.1) is 4.91 Å². The van der Waals surface area contributed by atoms with Crippen molar-refractivity contribution >= 4 is 40.7 Å². The SMILES string of the molecule is COc1ccc(-c2nc(C(=O)Nc3nc(/C=C/c4ccc(N=O)o4)nc4ccccc34)co2)cc1. The number of rotatable bonds is 7. The van der Waals surface area contributed by atoms with E-state index < -0.39 is 5.91 Å². The van der Waals surface area contributed by atoms with E-state index in [0.717, 1.165) is 0 Å². The van der Waals surface area contributed by atoms with Crippen molar-refractivity contribution in [3.05, 3.63) is 89.1 Å². The Bertz CT molecular complexity index is 1550. The number of nitroso groups, excluding NO2 is 1. The van der Waals surface area contributed by atoms with Crippen molar-refractivity contribution in [2.75, 3.05) is 12.4 Å². The third kappa shape index (κ3) is 4.67. The van der Waals surface area contributed by atoms with E-state index in [4.69, 9.17) is 13.6 Å². The first-order valence-corrected chi connectivity index (χ1v) is 10.4. The molecule has 0 spiro atoms. The Morgan fingerprint density at radius 1 is 1.00 bits per heavy atom. The van der Waals surface area contributed by atoms with Gasteiger partial charge in [0.2, 0.25) is 5.89 Å². The van der Waals surface area contributed by atoms with Crippen LogP contribution in [0.15, 0.2) is 80.9 Å². The second-order valence-electron chi connectivity index (χ2n) is 7.27.